The zero-order valence-corrected chi connectivity index (χ0v) is 8.31. The van der Waals surface area contributed by atoms with Crippen LogP contribution in [-0.2, 0) is 4.74 Å². The first kappa shape index (κ1) is 10.9. The third-order valence-corrected chi connectivity index (χ3v) is 2.30. The SMILES string of the molecule is CC(Cl)CSCOCCCl. The molecule has 1 unspecified atom stereocenters. The number of hydrogen-bond acceptors (Lipinski definition) is 2. The van der Waals surface area contributed by atoms with Gasteiger partial charge in [-0.2, -0.15) is 0 Å². The van der Waals surface area contributed by atoms with Crippen LogP contribution in [-0.4, -0.2) is 29.6 Å². The van der Waals surface area contributed by atoms with Gasteiger partial charge >= 0.3 is 0 Å². The van der Waals surface area contributed by atoms with Gasteiger partial charge in [-0.3, -0.25) is 0 Å². The molecule has 0 rings (SSSR count). The minimum absolute atomic E-state index is 0.226. The zero-order chi connectivity index (χ0) is 7.82. The molecule has 4 heteroatoms. The normalized spacial score (nSPS) is 13.5. The predicted octanol–water partition coefficient (Wildman–Crippen LogP) is 2.56. The molecule has 0 aromatic carbocycles. The van der Waals surface area contributed by atoms with E-state index in [-0.39, 0.29) is 5.38 Å². The van der Waals surface area contributed by atoms with Crippen molar-refractivity contribution >= 4 is 35.0 Å². The fourth-order valence-electron chi connectivity index (χ4n) is 0.383. The highest BCUT2D eigenvalue weighted by atomic mass is 35.5. The van der Waals surface area contributed by atoms with Gasteiger partial charge in [0.1, 0.15) is 0 Å². The molecule has 0 saturated heterocycles. The van der Waals surface area contributed by atoms with Gasteiger partial charge in [-0.05, 0) is 6.92 Å². The first-order valence-electron chi connectivity index (χ1n) is 3.13. The molecule has 0 aliphatic heterocycles. The lowest BCUT2D eigenvalue weighted by Gasteiger charge is -2.02. The van der Waals surface area contributed by atoms with Crippen molar-refractivity contribution < 1.29 is 4.74 Å². The van der Waals surface area contributed by atoms with E-state index in [1.807, 2.05) is 6.92 Å². The molecule has 0 aliphatic rings. The van der Waals surface area contributed by atoms with Gasteiger partial charge in [0, 0.05) is 17.0 Å². The summed E-state index contributed by atoms with van der Waals surface area (Å²) in [5.74, 6) is 2.20. The Morgan fingerprint density at radius 2 is 2.30 bits per heavy atom. The van der Waals surface area contributed by atoms with E-state index in [4.69, 9.17) is 27.9 Å². The fraction of sp³-hybridized carbons (Fsp3) is 1.00. The van der Waals surface area contributed by atoms with Gasteiger partial charge in [-0.15, -0.1) is 35.0 Å². The summed E-state index contributed by atoms with van der Waals surface area (Å²) in [7, 11) is 0. The number of thioether (sulfide) groups is 1. The van der Waals surface area contributed by atoms with Crippen LogP contribution in [0.2, 0.25) is 0 Å². The van der Waals surface area contributed by atoms with E-state index in [2.05, 4.69) is 0 Å². The van der Waals surface area contributed by atoms with Crippen molar-refractivity contribution in [3.63, 3.8) is 0 Å². The average molecular weight is 203 g/mol. The van der Waals surface area contributed by atoms with Crippen LogP contribution in [0, 0.1) is 0 Å². The number of ether oxygens (including phenoxy) is 1. The highest BCUT2D eigenvalue weighted by Crippen LogP contribution is 2.06. The van der Waals surface area contributed by atoms with E-state index in [0.29, 0.717) is 18.4 Å². The van der Waals surface area contributed by atoms with Crippen molar-refractivity contribution in [1.29, 1.82) is 0 Å². The Morgan fingerprint density at radius 3 is 2.80 bits per heavy atom. The Morgan fingerprint density at radius 1 is 1.60 bits per heavy atom. The van der Waals surface area contributed by atoms with Crippen LogP contribution in [0.1, 0.15) is 6.92 Å². The first-order valence-corrected chi connectivity index (χ1v) is 5.25. The Bertz CT molecular complexity index is 70.8. The minimum atomic E-state index is 0.226. The zero-order valence-electron chi connectivity index (χ0n) is 5.98. The summed E-state index contributed by atoms with van der Waals surface area (Å²) in [5.41, 5.74) is 0. The maximum atomic E-state index is 5.69. The fourth-order valence-corrected chi connectivity index (χ4v) is 1.42. The number of rotatable bonds is 6. The molecule has 0 aliphatic carbocycles. The van der Waals surface area contributed by atoms with Crippen LogP contribution in [0.4, 0.5) is 0 Å². The van der Waals surface area contributed by atoms with Crippen LogP contribution in [0.25, 0.3) is 0 Å². The quantitative estimate of drug-likeness (QED) is 0.372. The monoisotopic (exact) mass is 202 g/mol. The summed E-state index contributed by atoms with van der Waals surface area (Å²) in [4.78, 5) is 0. The molecule has 0 amide bonds. The Balaban J connectivity index is 2.77. The van der Waals surface area contributed by atoms with E-state index in [9.17, 15) is 0 Å². The number of hydrogen-bond donors (Lipinski definition) is 0. The van der Waals surface area contributed by atoms with Gasteiger partial charge in [-0.25, -0.2) is 0 Å². The summed E-state index contributed by atoms with van der Waals surface area (Å²) in [6.45, 7) is 2.60. The molecule has 0 radical (unpaired) electrons. The summed E-state index contributed by atoms with van der Waals surface area (Å²) < 4.78 is 5.11. The highest BCUT2D eigenvalue weighted by molar-refractivity contribution is 7.99. The van der Waals surface area contributed by atoms with Crippen molar-refractivity contribution in [3.05, 3.63) is 0 Å². The van der Waals surface area contributed by atoms with Gasteiger partial charge in [0.2, 0.25) is 0 Å². The van der Waals surface area contributed by atoms with E-state index < -0.39 is 0 Å². The third kappa shape index (κ3) is 8.89. The van der Waals surface area contributed by atoms with Gasteiger partial charge in [0.25, 0.3) is 0 Å². The van der Waals surface area contributed by atoms with E-state index in [0.717, 1.165) is 5.75 Å². The molecule has 1 nitrogen and oxygen atoms in total. The maximum absolute atomic E-state index is 5.69. The van der Waals surface area contributed by atoms with Crippen LogP contribution in [0.3, 0.4) is 0 Å². The Hall–Kier alpha value is 0.890. The molecule has 0 heterocycles. The molecule has 0 N–H and O–H groups in total. The topological polar surface area (TPSA) is 9.23 Å². The second-order valence-corrected chi connectivity index (χ2v) is 3.97. The van der Waals surface area contributed by atoms with Gasteiger partial charge in [0.05, 0.1) is 12.5 Å². The average Bonchev–Trinajstić information content (AvgIpc) is 1.87. The smallest absolute Gasteiger partial charge is 0.0921 e. The summed E-state index contributed by atoms with van der Waals surface area (Å²) in [5, 5.41) is 0.226. The predicted molar refractivity (Wildman–Crippen MR) is 49.3 cm³/mol. The maximum Gasteiger partial charge on any atom is 0.0921 e. The molecular weight excluding hydrogens is 191 g/mol. The van der Waals surface area contributed by atoms with Crippen molar-refractivity contribution in [2.45, 2.75) is 12.3 Å². The standard InChI is InChI=1S/C6H12Cl2OS/c1-6(8)4-10-5-9-3-2-7/h6H,2-5H2,1H3. The molecule has 1 atom stereocenters. The molecule has 0 aromatic heterocycles. The van der Waals surface area contributed by atoms with Gasteiger partial charge in [0.15, 0.2) is 0 Å². The lowest BCUT2D eigenvalue weighted by Crippen LogP contribution is -1.99. The highest BCUT2D eigenvalue weighted by Gasteiger charge is 1.94. The number of alkyl halides is 2. The molecule has 0 fully saturated rings. The Labute approximate surface area is 76.4 Å². The van der Waals surface area contributed by atoms with Crippen molar-refractivity contribution in [3.8, 4) is 0 Å². The van der Waals surface area contributed by atoms with Crippen LogP contribution in [0.15, 0.2) is 0 Å². The molecule has 0 bridgehead atoms. The van der Waals surface area contributed by atoms with Crippen molar-refractivity contribution in [2.75, 3.05) is 24.2 Å². The largest absolute Gasteiger partial charge is 0.370 e. The van der Waals surface area contributed by atoms with E-state index in [1.54, 1.807) is 11.8 Å². The van der Waals surface area contributed by atoms with E-state index in [1.165, 1.54) is 0 Å². The molecule has 0 saturated carbocycles. The minimum Gasteiger partial charge on any atom is -0.370 e. The molecule has 0 spiro atoms. The second-order valence-electron chi connectivity index (χ2n) is 1.87. The summed E-state index contributed by atoms with van der Waals surface area (Å²) in [6, 6.07) is 0. The lowest BCUT2D eigenvalue weighted by atomic mass is 10.6. The molecular formula is C6H12Cl2OS. The van der Waals surface area contributed by atoms with Crippen LogP contribution >= 0.6 is 35.0 Å². The van der Waals surface area contributed by atoms with Crippen LogP contribution in [0.5, 0.6) is 0 Å². The Kier molecular flexibility index (Phi) is 8.70. The summed E-state index contributed by atoms with van der Waals surface area (Å²) in [6.07, 6.45) is 0. The molecule has 62 valence electrons. The van der Waals surface area contributed by atoms with E-state index >= 15 is 0 Å². The first-order chi connectivity index (χ1) is 4.77. The second kappa shape index (κ2) is 7.99. The van der Waals surface area contributed by atoms with Crippen molar-refractivity contribution in [2.24, 2.45) is 0 Å². The van der Waals surface area contributed by atoms with Gasteiger partial charge in [-0.1, -0.05) is 0 Å². The molecule has 0 aromatic rings. The van der Waals surface area contributed by atoms with Crippen LogP contribution < -0.4 is 0 Å². The molecule has 10 heavy (non-hydrogen) atoms. The summed E-state index contributed by atoms with van der Waals surface area (Å²) >= 11 is 12.8. The lowest BCUT2D eigenvalue weighted by molar-refractivity contribution is 0.201. The van der Waals surface area contributed by atoms with Crippen molar-refractivity contribution in [1.82, 2.24) is 0 Å². The van der Waals surface area contributed by atoms with Gasteiger partial charge < -0.3 is 4.74 Å². The third-order valence-electron chi connectivity index (χ3n) is 0.736. The number of halogens is 2.